The van der Waals surface area contributed by atoms with Gasteiger partial charge in [0.1, 0.15) is 11.6 Å². The zero-order chi connectivity index (χ0) is 23.0. The molecule has 0 radical (unpaired) electrons. The first-order valence-corrected chi connectivity index (χ1v) is 10.7. The molecule has 0 aliphatic heterocycles. The van der Waals surface area contributed by atoms with Crippen LogP contribution in [0.15, 0.2) is 35.9 Å². The summed E-state index contributed by atoms with van der Waals surface area (Å²) in [6.45, 7) is 10.7. The van der Waals surface area contributed by atoms with Gasteiger partial charge in [0.2, 0.25) is 0 Å². The van der Waals surface area contributed by atoms with Crippen LogP contribution in [0.25, 0.3) is 6.08 Å². The van der Waals surface area contributed by atoms with Crippen LogP contribution in [0.3, 0.4) is 0 Å². The minimum Gasteiger partial charge on any atom is -0.451 e. The maximum Gasteiger partial charge on any atom is 0.349 e. The van der Waals surface area contributed by atoms with Crippen molar-refractivity contribution in [1.82, 2.24) is 4.57 Å². The minimum atomic E-state index is -0.815. The van der Waals surface area contributed by atoms with Crippen molar-refractivity contribution in [2.45, 2.75) is 59.9 Å². The maximum absolute atomic E-state index is 12.3. The zero-order valence-corrected chi connectivity index (χ0v) is 19.0. The van der Waals surface area contributed by atoms with Crippen molar-refractivity contribution in [2.75, 3.05) is 11.9 Å². The number of nitriles is 1. The fourth-order valence-corrected chi connectivity index (χ4v) is 3.37. The summed E-state index contributed by atoms with van der Waals surface area (Å²) < 4.78 is 7.20. The number of ether oxygens (including phenoxy) is 1. The van der Waals surface area contributed by atoms with Gasteiger partial charge in [0.05, 0.1) is 0 Å². The SMILES string of the molecule is CCCn1c(C)cc(/C=C(\C#N)C(=O)OCC(=O)Nc2ccc(C(C)CC)cc2)c1C. The molecule has 0 aliphatic rings. The average molecular weight is 422 g/mol. The Labute approximate surface area is 184 Å². The lowest BCUT2D eigenvalue weighted by atomic mass is 9.99. The summed E-state index contributed by atoms with van der Waals surface area (Å²) in [4.78, 5) is 24.5. The summed E-state index contributed by atoms with van der Waals surface area (Å²) in [5.41, 5.74) is 4.54. The van der Waals surface area contributed by atoms with Crippen molar-refractivity contribution in [2.24, 2.45) is 0 Å². The van der Waals surface area contributed by atoms with E-state index in [1.54, 1.807) is 0 Å². The van der Waals surface area contributed by atoms with Gasteiger partial charge in [-0.2, -0.15) is 5.26 Å². The van der Waals surface area contributed by atoms with Gasteiger partial charge in [-0.25, -0.2) is 4.79 Å². The van der Waals surface area contributed by atoms with E-state index >= 15 is 0 Å². The molecule has 1 unspecified atom stereocenters. The zero-order valence-electron chi connectivity index (χ0n) is 19.0. The molecule has 0 saturated carbocycles. The number of carbonyl (C=O) groups is 2. The molecule has 2 rings (SSSR count). The van der Waals surface area contributed by atoms with E-state index in [0.717, 1.165) is 36.3 Å². The summed E-state index contributed by atoms with van der Waals surface area (Å²) in [6, 6.07) is 11.4. The summed E-state index contributed by atoms with van der Waals surface area (Å²) in [5.74, 6) is -0.818. The minimum absolute atomic E-state index is 0.137. The maximum atomic E-state index is 12.3. The molecule has 6 nitrogen and oxygen atoms in total. The summed E-state index contributed by atoms with van der Waals surface area (Å²) in [5, 5.41) is 12.1. The van der Waals surface area contributed by atoms with Gasteiger partial charge in [0, 0.05) is 23.6 Å². The Balaban J connectivity index is 1.99. The van der Waals surface area contributed by atoms with E-state index in [0.29, 0.717) is 11.6 Å². The Morgan fingerprint density at radius 3 is 2.48 bits per heavy atom. The summed E-state index contributed by atoms with van der Waals surface area (Å²) >= 11 is 0. The smallest absolute Gasteiger partial charge is 0.349 e. The predicted octanol–water partition coefficient (Wildman–Crippen LogP) is 5.12. The topological polar surface area (TPSA) is 84.1 Å². The third kappa shape index (κ3) is 6.32. The van der Waals surface area contributed by atoms with E-state index in [1.165, 1.54) is 11.6 Å². The molecule has 1 N–H and O–H groups in total. The fourth-order valence-electron chi connectivity index (χ4n) is 3.37. The molecule has 1 aromatic carbocycles. The van der Waals surface area contributed by atoms with Gasteiger partial charge in [0.25, 0.3) is 5.91 Å². The lowest BCUT2D eigenvalue weighted by Crippen LogP contribution is -2.21. The predicted molar refractivity (Wildman–Crippen MR) is 123 cm³/mol. The Morgan fingerprint density at radius 2 is 1.90 bits per heavy atom. The largest absolute Gasteiger partial charge is 0.451 e. The van der Waals surface area contributed by atoms with Crippen LogP contribution < -0.4 is 5.32 Å². The number of rotatable bonds is 9. The highest BCUT2D eigenvalue weighted by Crippen LogP contribution is 2.21. The van der Waals surface area contributed by atoms with Crippen molar-refractivity contribution >= 4 is 23.6 Å². The van der Waals surface area contributed by atoms with E-state index in [1.807, 2.05) is 50.2 Å². The molecular weight excluding hydrogens is 390 g/mol. The second kappa shape index (κ2) is 11.2. The Kier molecular flexibility index (Phi) is 8.63. The molecule has 1 atom stereocenters. The first kappa shape index (κ1) is 23.9. The number of nitrogens with zero attached hydrogens (tertiary/aromatic N) is 2. The monoisotopic (exact) mass is 421 g/mol. The molecule has 6 heteroatoms. The summed E-state index contributed by atoms with van der Waals surface area (Å²) in [6.07, 6.45) is 3.54. The fraction of sp³-hybridized carbons (Fsp3) is 0.400. The van der Waals surface area contributed by atoms with Gasteiger partial charge in [-0.05, 0) is 68.0 Å². The third-order valence-electron chi connectivity index (χ3n) is 5.41. The molecule has 1 amide bonds. The quantitative estimate of drug-likeness (QED) is 0.346. The Morgan fingerprint density at radius 1 is 1.23 bits per heavy atom. The molecule has 0 bridgehead atoms. The lowest BCUT2D eigenvalue weighted by Gasteiger charge is -2.10. The molecule has 2 aromatic rings. The third-order valence-corrected chi connectivity index (χ3v) is 5.41. The van der Waals surface area contributed by atoms with Gasteiger partial charge in [-0.15, -0.1) is 0 Å². The number of esters is 1. The molecule has 164 valence electrons. The number of nitrogens with one attached hydrogen (secondary N) is 1. The highest BCUT2D eigenvalue weighted by molar-refractivity contribution is 6.00. The van der Waals surface area contributed by atoms with Gasteiger partial charge < -0.3 is 14.6 Å². The Bertz CT molecular complexity index is 994. The van der Waals surface area contributed by atoms with E-state index in [9.17, 15) is 14.9 Å². The lowest BCUT2D eigenvalue weighted by molar-refractivity contribution is -0.142. The first-order chi connectivity index (χ1) is 14.8. The molecule has 1 heterocycles. The molecule has 0 spiro atoms. The van der Waals surface area contributed by atoms with Crippen molar-refractivity contribution in [1.29, 1.82) is 5.26 Å². The molecule has 0 saturated heterocycles. The van der Waals surface area contributed by atoms with Crippen LogP contribution in [0.5, 0.6) is 0 Å². The van der Waals surface area contributed by atoms with E-state index in [4.69, 9.17) is 4.74 Å². The van der Waals surface area contributed by atoms with E-state index in [-0.39, 0.29) is 5.57 Å². The highest BCUT2D eigenvalue weighted by Gasteiger charge is 2.15. The second-order valence-electron chi connectivity index (χ2n) is 7.70. The van der Waals surface area contributed by atoms with Crippen molar-refractivity contribution in [3.63, 3.8) is 0 Å². The first-order valence-electron chi connectivity index (χ1n) is 10.7. The van der Waals surface area contributed by atoms with E-state index in [2.05, 4.69) is 30.7 Å². The second-order valence-corrected chi connectivity index (χ2v) is 7.70. The number of carbonyl (C=O) groups excluding carboxylic acids is 2. The molecule has 0 fully saturated rings. The number of aryl methyl sites for hydroxylation is 1. The van der Waals surface area contributed by atoms with Crippen molar-refractivity contribution < 1.29 is 14.3 Å². The van der Waals surface area contributed by atoms with Crippen LogP contribution in [0, 0.1) is 25.2 Å². The number of hydrogen-bond donors (Lipinski definition) is 1. The molecule has 1 aromatic heterocycles. The number of aromatic nitrogens is 1. The van der Waals surface area contributed by atoms with Gasteiger partial charge in [0.15, 0.2) is 6.61 Å². The molecule has 0 aliphatic carbocycles. The number of anilines is 1. The average Bonchev–Trinajstić information content (AvgIpc) is 3.03. The molecular formula is C25H31N3O3. The highest BCUT2D eigenvalue weighted by atomic mass is 16.5. The van der Waals surface area contributed by atoms with E-state index < -0.39 is 18.5 Å². The summed E-state index contributed by atoms with van der Waals surface area (Å²) in [7, 11) is 0. The molecule has 31 heavy (non-hydrogen) atoms. The van der Waals surface area contributed by atoms with Gasteiger partial charge >= 0.3 is 5.97 Å². The number of hydrogen-bond acceptors (Lipinski definition) is 4. The van der Waals surface area contributed by atoms with Crippen LogP contribution in [0.2, 0.25) is 0 Å². The standard InChI is InChI=1S/C25H31N3O3/c1-6-12-28-18(4)13-21(19(28)5)14-22(15-26)25(30)31-16-24(29)27-23-10-8-20(9-11-23)17(3)7-2/h8-11,13-14,17H,6-7,12,16H2,1-5H3,(H,27,29)/b22-14+. The Hall–Kier alpha value is -3.33. The number of amides is 1. The van der Waals surface area contributed by atoms with Crippen molar-refractivity contribution in [3.05, 3.63) is 58.4 Å². The number of benzene rings is 1. The van der Waals surface area contributed by atoms with Gasteiger partial charge in [-0.1, -0.05) is 32.9 Å². The van der Waals surface area contributed by atoms with Gasteiger partial charge in [-0.3, -0.25) is 4.79 Å². The van der Waals surface area contributed by atoms with Crippen LogP contribution >= 0.6 is 0 Å². The normalized spacial score (nSPS) is 12.2. The van der Waals surface area contributed by atoms with Crippen molar-refractivity contribution in [3.8, 4) is 6.07 Å². The van der Waals surface area contributed by atoms with Crippen LogP contribution in [-0.2, 0) is 20.9 Å². The van der Waals surface area contributed by atoms with Crippen LogP contribution in [0.1, 0.15) is 62.0 Å². The van der Waals surface area contributed by atoms with Crippen LogP contribution in [0.4, 0.5) is 5.69 Å². The van der Waals surface area contributed by atoms with Crippen LogP contribution in [-0.4, -0.2) is 23.1 Å².